The minimum Gasteiger partial charge on any atom is -0.370 e. The Kier molecular flexibility index (Phi) is 5.59. The summed E-state index contributed by atoms with van der Waals surface area (Å²) in [4.78, 5) is 27.6. The molecular formula is C12H23N5O2. The van der Waals surface area contributed by atoms with Gasteiger partial charge in [0.25, 0.3) is 0 Å². The fourth-order valence-corrected chi connectivity index (χ4v) is 1.99. The number of nitrogens with two attached hydrogens (primary N) is 2. The monoisotopic (exact) mass is 269 g/mol. The highest BCUT2D eigenvalue weighted by atomic mass is 16.2. The van der Waals surface area contributed by atoms with E-state index >= 15 is 0 Å². The van der Waals surface area contributed by atoms with E-state index < -0.39 is 12.1 Å². The van der Waals surface area contributed by atoms with E-state index in [1.54, 1.807) is 0 Å². The molecule has 7 nitrogen and oxygen atoms in total. The van der Waals surface area contributed by atoms with Crippen molar-refractivity contribution in [1.82, 2.24) is 10.6 Å². The van der Waals surface area contributed by atoms with Gasteiger partial charge in [-0.1, -0.05) is 20.3 Å². The number of amides is 2. The molecule has 1 rings (SSSR count). The maximum atomic E-state index is 11.9. The molecule has 1 heterocycles. The van der Waals surface area contributed by atoms with Gasteiger partial charge in [-0.05, 0) is 18.8 Å². The molecule has 6 N–H and O–H groups in total. The van der Waals surface area contributed by atoms with Crippen molar-refractivity contribution >= 4 is 17.8 Å². The minimum atomic E-state index is -0.484. The van der Waals surface area contributed by atoms with Gasteiger partial charge in [0, 0.05) is 6.54 Å². The van der Waals surface area contributed by atoms with Gasteiger partial charge in [0.1, 0.15) is 12.1 Å². The van der Waals surface area contributed by atoms with Crippen LogP contribution in [-0.2, 0) is 9.59 Å². The molecule has 0 aliphatic carbocycles. The van der Waals surface area contributed by atoms with E-state index in [1.165, 1.54) is 0 Å². The molecule has 0 unspecified atom stereocenters. The molecule has 0 aromatic heterocycles. The van der Waals surface area contributed by atoms with Gasteiger partial charge in [-0.2, -0.15) is 0 Å². The van der Waals surface area contributed by atoms with Crippen molar-refractivity contribution in [2.24, 2.45) is 22.4 Å². The summed E-state index contributed by atoms with van der Waals surface area (Å²) in [5.41, 5.74) is 10.4. The van der Waals surface area contributed by atoms with Crippen molar-refractivity contribution in [2.45, 2.75) is 45.2 Å². The molecule has 108 valence electrons. The molecule has 1 aliphatic heterocycles. The van der Waals surface area contributed by atoms with Crippen LogP contribution in [0.5, 0.6) is 0 Å². The summed E-state index contributed by atoms with van der Waals surface area (Å²) < 4.78 is 0. The molecule has 3 atom stereocenters. The molecular weight excluding hydrogens is 246 g/mol. The number of carbonyl (C=O) groups is 2. The second-order valence-electron chi connectivity index (χ2n) is 4.88. The molecule has 2 amide bonds. The second-order valence-corrected chi connectivity index (χ2v) is 4.88. The van der Waals surface area contributed by atoms with Crippen LogP contribution >= 0.6 is 0 Å². The van der Waals surface area contributed by atoms with Crippen LogP contribution in [0, 0.1) is 5.92 Å². The molecule has 0 aromatic carbocycles. The Morgan fingerprint density at radius 2 is 2.00 bits per heavy atom. The van der Waals surface area contributed by atoms with Crippen molar-refractivity contribution in [3.05, 3.63) is 0 Å². The summed E-state index contributed by atoms with van der Waals surface area (Å²) in [6.45, 7) is 4.39. The topological polar surface area (TPSA) is 123 Å². The summed E-state index contributed by atoms with van der Waals surface area (Å²) in [7, 11) is 0. The lowest BCUT2D eigenvalue weighted by molar-refractivity contribution is -0.138. The zero-order chi connectivity index (χ0) is 14.4. The fourth-order valence-electron chi connectivity index (χ4n) is 1.99. The first-order chi connectivity index (χ1) is 8.95. The molecule has 0 saturated carbocycles. The summed E-state index contributed by atoms with van der Waals surface area (Å²) in [5.74, 6) is -0.0732. The average Bonchev–Trinajstić information content (AvgIpc) is 2.36. The molecule has 0 spiro atoms. The van der Waals surface area contributed by atoms with Crippen molar-refractivity contribution in [3.8, 4) is 0 Å². The van der Waals surface area contributed by atoms with E-state index in [-0.39, 0.29) is 23.7 Å². The van der Waals surface area contributed by atoms with Crippen LogP contribution in [0.3, 0.4) is 0 Å². The number of guanidine groups is 1. The van der Waals surface area contributed by atoms with Crippen LogP contribution in [-0.4, -0.2) is 36.4 Å². The first-order valence-corrected chi connectivity index (χ1v) is 6.61. The van der Waals surface area contributed by atoms with Crippen molar-refractivity contribution in [1.29, 1.82) is 0 Å². The highest BCUT2D eigenvalue weighted by molar-refractivity contribution is 5.97. The molecule has 1 aliphatic rings. The predicted molar refractivity (Wildman–Crippen MR) is 73.2 cm³/mol. The maximum absolute atomic E-state index is 11.9. The highest BCUT2D eigenvalue weighted by Crippen LogP contribution is 2.13. The SMILES string of the molecule is CC[C@H](C)[C@@H]1NC(=O)[C@H](CCCN=C(N)N)NC1=O. The van der Waals surface area contributed by atoms with Gasteiger partial charge in [-0.25, -0.2) is 0 Å². The van der Waals surface area contributed by atoms with Crippen LogP contribution < -0.4 is 22.1 Å². The molecule has 0 bridgehead atoms. The fraction of sp³-hybridized carbons (Fsp3) is 0.750. The number of nitrogens with zero attached hydrogens (tertiary/aromatic N) is 1. The number of hydrogen-bond donors (Lipinski definition) is 4. The zero-order valence-electron chi connectivity index (χ0n) is 11.5. The Morgan fingerprint density at radius 3 is 2.58 bits per heavy atom. The van der Waals surface area contributed by atoms with Gasteiger partial charge in [-0.15, -0.1) is 0 Å². The van der Waals surface area contributed by atoms with E-state index in [1.807, 2.05) is 13.8 Å². The first-order valence-electron chi connectivity index (χ1n) is 6.61. The van der Waals surface area contributed by atoms with E-state index in [0.29, 0.717) is 19.4 Å². The lowest BCUT2D eigenvalue weighted by Gasteiger charge is -2.32. The summed E-state index contributed by atoms with van der Waals surface area (Å²) in [6.07, 6.45) is 2.01. The van der Waals surface area contributed by atoms with Gasteiger partial charge in [-0.3, -0.25) is 14.6 Å². The number of rotatable bonds is 6. The van der Waals surface area contributed by atoms with Crippen molar-refractivity contribution in [2.75, 3.05) is 6.54 Å². The molecule has 0 radical (unpaired) electrons. The lowest BCUT2D eigenvalue weighted by Crippen LogP contribution is -2.63. The van der Waals surface area contributed by atoms with Gasteiger partial charge < -0.3 is 22.1 Å². The Bertz CT molecular complexity index is 365. The largest absolute Gasteiger partial charge is 0.370 e. The third kappa shape index (κ3) is 4.42. The molecule has 1 fully saturated rings. The number of hydrogen-bond acceptors (Lipinski definition) is 3. The van der Waals surface area contributed by atoms with Crippen molar-refractivity contribution in [3.63, 3.8) is 0 Å². The molecule has 1 saturated heterocycles. The van der Waals surface area contributed by atoms with Gasteiger partial charge in [0.15, 0.2) is 5.96 Å². The standard InChI is InChI=1S/C12H23N5O2/c1-3-7(2)9-11(19)16-8(10(18)17-9)5-4-6-15-12(13)14/h7-9H,3-6H2,1-2H3,(H,16,19)(H,17,18)(H4,13,14,15)/t7-,8-,9-/m0/s1. The number of carbonyl (C=O) groups excluding carboxylic acids is 2. The van der Waals surface area contributed by atoms with E-state index in [4.69, 9.17) is 11.5 Å². The lowest BCUT2D eigenvalue weighted by atomic mass is 9.95. The number of aliphatic imine (C=N–C) groups is 1. The van der Waals surface area contributed by atoms with E-state index in [2.05, 4.69) is 15.6 Å². The average molecular weight is 269 g/mol. The summed E-state index contributed by atoms with van der Waals surface area (Å²) in [5, 5.41) is 5.54. The molecule has 19 heavy (non-hydrogen) atoms. The Hall–Kier alpha value is -1.79. The molecule has 0 aromatic rings. The minimum absolute atomic E-state index is 0.0361. The Balaban J connectivity index is 2.45. The smallest absolute Gasteiger partial charge is 0.243 e. The van der Waals surface area contributed by atoms with Crippen molar-refractivity contribution < 1.29 is 9.59 Å². The van der Waals surface area contributed by atoms with Gasteiger partial charge in [0.2, 0.25) is 11.8 Å². The summed E-state index contributed by atoms with van der Waals surface area (Å²) in [6, 6.07) is -0.909. The van der Waals surface area contributed by atoms with Crippen LogP contribution in [0.2, 0.25) is 0 Å². The third-order valence-electron chi connectivity index (χ3n) is 3.37. The van der Waals surface area contributed by atoms with E-state index in [0.717, 1.165) is 6.42 Å². The van der Waals surface area contributed by atoms with Crippen LogP contribution in [0.15, 0.2) is 4.99 Å². The quantitative estimate of drug-likeness (QED) is 0.282. The zero-order valence-corrected chi connectivity index (χ0v) is 11.5. The van der Waals surface area contributed by atoms with E-state index in [9.17, 15) is 9.59 Å². The maximum Gasteiger partial charge on any atom is 0.243 e. The molecule has 7 heteroatoms. The van der Waals surface area contributed by atoms with Crippen LogP contribution in [0.1, 0.15) is 33.1 Å². The van der Waals surface area contributed by atoms with Gasteiger partial charge >= 0.3 is 0 Å². The van der Waals surface area contributed by atoms with Crippen LogP contribution in [0.25, 0.3) is 0 Å². The second kappa shape index (κ2) is 6.96. The van der Waals surface area contributed by atoms with Crippen LogP contribution in [0.4, 0.5) is 0 Å². The summed E-state index contributed by atoms with van der Waals surface area (Å²) >= 11 is 0. The first kappa shape index (κ1) is 15.3. The Morgan fingerprint density at radius 1 is 1.32 bits per heavy atom. The third-order valence-corrected chi connectivity index (χ3v) is 3.37. The highest BCUT2D eigenvalue weighted by Gasteiger charge is 2.35. The van der Waals surface area contributed by atoms with Gasteiger partial charge in [0.05, 0.1) is 0 Å². The number of piperazine rings is 1. The Labute approximate surface area is 113 Å². The normalized spacial score (nSPS) is 24.3. The predicted octanol–water partition coefficient (Wildman–Crippen LogP) is -0.931. The number of nitrogens with one attached hydrogen (secondary N) is 2.